The van der Waals surface area contributed by atoms with E-state index in [-0.39, 0.29) is 11.6 Å². The fraction of sp³-hybridized carbons (Fsp3) is 0.250. The summed E-state index contributed by atoms with van der Waals surface area (Å²) < 4.78 is 43.3. The number of ether oxygens (including phenoxy) is 1. The molecule has 0 atom stereocenters. The highest BCUT2D eigenvalue weighted by molar-refractivity contribution is 5.61. The highest BCUT2D eigenvalue weighted by Gasteiger charge is 2.33. The van der Waals surface area contributed by atoms with Gasteiger partial charge in [0, 0.05) is 24.9 Å². The van der Waals surface area contributed by atoms with Gasteiger partial charge in [0.25, 0.3) is 0 Å². The molecule has 0 fully saturated rings. The standard InChI is InChI=1S/C12H11F3N4O/c1-16-11-18-8(6-9(19-11)12(13,14)15)7-3-4-17-10(5-7)20-2/h3-6H,1-2H3,(H,16,18,19). The minimum absolute atomic E-state index is 0.106. The third kappa shape index (κ3) is 2.95. The Balaban J connectivity index is 2.55. The van der Waals surface area contributed by atoms with Crippen LogP contribution >= 0.6 is 0 Å². The molecule has 0 spiro atoms. The zero-order chi connectivity index (χ0) is 14.8. The fourth-order valence-electron chi connectivity index (χ4n) is 1.53. The summed E-state index contributed by atoms with van der Waals surface area (Å²) >= 11 is 0. The van der Waals surface area contributed by atoms with Crippen molar-refractivity contribution in [3.8, 4) is 17.1 Å². The number of alkyl halides is 3. The molecular formula is C12H11F3N4O. The third-order valence-electron chi connectivity index (χ3n) is 2.48. The van der Waals surface area contributed by atoms with E-state index in [9.17, 15) is 13.2 Å². The van der Waals surface area contributed by atoms with Gasteiger partial charge >= 0.3 is 6.18 Å². The number of aromatic nitrogens is 3. The fourth-order valence-corrected chi connectivity index (χ4v) is 1.53. The predicted molar refractivity (Wildman–Crippen MR) is 66.4 cm³/mol. The highest BCUT2D eigenvalue weighted by Crippen LogP contribution is 2.31. The maximum absolute atomic E-state index is 12.8. The van der Waals surface area contributed by atoms with Crippen LogP contribution < -0.4 is 10.1 Å². The summed E-state index contributed by atoms with van der Waals surface area (Å²) in [5, 5.41) is 2.51. The van der Waals surface area contributed by atoms with E-state index < -0.39 is 11.9 Å². The Kier molecular flexibility index (Phi) is 3.73. The molecule has 0 saturated heterocycles. The maximum Gasteiger partial charge on any atom is 0.433 e. The van der Waals surface area contributed by atoms with Crippen molar-refractivity contribution in [3.05, 3.63) is 30.1 Å². The summed E-state index contributed by atoms with van der Waals surface area (Å²) in [5.74, 6) is 0.186. The number of halogens is 3. The van der Waals surface area contributed by atoms with Gasteiger partial charge in [-0.1, -0.05) is 0 Å². The Morgan fingerprint density at radius 2 is 1.95 bits per heavy atom. The lowest BCUT2D eigenvalue weighted by molar-refractivity contribution is -0.141. The van der Waals surface area contributed by atoms with E-state index in [1.54, 1.807) is 6.07 Å². The van der Waals surface area contributed by atoms with Gasteiger partial charge in [0.2, 0.25) is 11.8 Å². The number of rotatable bonds is 3. The summed E-state index contributed by atoms with van der Waals surface area (Å²) in [7, 11) is 2.87. The van der Waals surface area contributed by atoms with Crippen molar-refractivity contribution < 1.29 is 17.9 Å². The van der Waals surface area contributed by atoms with Crippen LogP contribution in [0.5, 0.6) is 5.88 Å². The zero-order valence-corrected chi connectivity index (χ0v) is 10.7. The number of pyridine rings is 1. The van der Waals surface area contributed by atoms with Crippen molar-refractivity contribution in [1.29, 1.82) is 0 Å². The van der Waals surface area contributed by atoms with Crippen LogP contribution in [0.3, 0.4) is 0 Å². The minimum Gasteiger partial charge on any atom is -0.481 e. The van der Waals surface area contributed by atoms with Gasteiger partial charge in [-0.05, 0) is 12.1 Å². The lowest BCUT2D eigenvalue weighted by Gasteiger charge is -2.10. The second-order valence-corrected chi connectivity index (χ2v) is 3.80. The molecule has 2 heterocycles. The topological polar surface area (TPSA) is 59.9 Å². The molecule has 2 aromatic rings. The molecule has 1 N–H and O–H groups in total. The number of methoxy groups -OCH3 is 1. The van der Waals surface area contributed by atoms with Crippen LogP contribution in [0.4, 0.5) is 19.1 Å². The summed E-state index contributed by atoms with van der Waals surface area (Å²) in [6.07, 6.45) is -3.11. The quantitative estimate of drug-likeness (QED) is 0.938. The largest absolute Gasteiger partial charge is 0.481 e. The number of hydrogen-bond donors (Lipinski definition) is 1. The Labute approximate surface area is 112 Å². The van der Waals surface area contributed by atoms with Crippen molar-refractivity contribution >= 4 is 5.95 Å². The second-order valence-electron chi connectivity index (χ2n) is 3.80. The van der Waals surface area contributed by atoms with Gasteiger partial charge in [0.15, 0.2) is 5.69 Å². The van der Waals surface area contributed by atoms with Crippen LogP contribution in [0, 0.1) is 0 Å². The summed E-state index contributed by atoms with van der Waals surface area (Å²) in [4.78, 5) is 11.3. The summed E-state index contributed by atoms with van der Waals surface area (Å²) in [6, 6.07) is 3.93. The molecule has 0 saturated carbocycles. The SMILES string of the molecule is CNc1nc(-c2ccnc(OC)c2)cc(C(F)(F)F)n1. The van der Waals surface area contributed by atoms with E-state index in [0.29, 0.717) is 11.4 Å². The van der Waals surface area contributed by atoms with E-state index in [1.807, 2.05) is 0 Å². The van der Waals surface area contributed by atoms with E-state index in [0.717, 1.165) is 6.07 Å². The van der Waals surface area contributed by atoms with E-state index in [2.05, 4.69) is 20.3 Å². The van der Waals surface area contributed by atoms with E-state index >= 15 is 0 Å². The first kappa shape index (κ1) is 14.0. The first-order valence-electron chi connectivity index (χ1n) is 5.58. The van der Waals surface area contributed by atoms with Gasteiger partial charge in [-0.25, -0.2) is 15.0 Å². The minimum atomic E-state index is -4.54. The molecule has 0 aromatic carbocycles. The molecule has 0 amide bonds. The monoisotopic (exact) mass is 284 g/mol. The molecule has 2 aromatic heterocycles. The Hall–Kier alpha value is -2.38. The van der Waals surface area contributed by atoms with E-state index in [4.69, 9.17) is 4.74 Å². The zero-order valence-electron chi connectivity index (χ0n) is 10.7. The van der Waals surface area contributed by atoms with Crippen LogP contribution in [0.15, 0.2) is 24.4 Å². The number of nitrogens with one attached hydrogen (secondary N) is 1. The first-order chi connectivity index (χ1) is 9.44. The van der Waals surface area contributed by atoms with Crippen molar-refractivity contribution in [2.24, 2.45) is 0 Å². The van der Waals surface area contributed by atoms with Crippen LogP contribution in [-0.2, 0) is 6.18 Å². The molecule has 106 valence electrons. The van der Waals surface area contributed by atoms with Gasteiger partial charge in [0.05, 0.1) is 12.8 Å². The number of anilines is 1. The average molecular weight is 284 g/mol. The van der Waals surface area contributed by atoms with Crippen molar-refractivity contribution in [2.75, 3.05) is 19.5 Å². The predicted octanol–water partition coefficient (Wildman–Crippen LogP) is 2.61. The van der Waals surface area contributed by atoms with Crippen molar-refractivity contribution in [3.63, 3.8) is 0 Å². The number of nitrogens with zero attached hydrogens (tertiary/aromatic N) is 3. The normalized spacial score (nSPS) is 11.2. The molecule has 5 nitrogen and oxygen atoms in total. The second kappa shape index (κ2) is 5.32. The molecule has 0 aliphatic carbocycles. The van der Waals surface area contributed by atoms with Crippen LogP contribution in [-0.4, -0.2) is 29.1 Å². The van der Waals surface area contributed by atoms with Crippen LogP contribution in [0.1, 0.15) is 5.69 Å². The molecule has 2 rings (SSSR count). The molecule has 0 aliphatic rings. The highest BCUT2D eigenvalue weighted by atomic mass is 19.4. The Morgan fingerprint density at radius 3 is 2.55 bits per heavy atom. The molecule has 0 radical (unpaired) electrons. The maximum atomic E-state index is 12.8. The van der Waals surface area contributed by atoms with Crippen molar-refractivity contribution in [2.45, 2.75) is 6.18 Å². The summed E-state index contributed by atoms with van der Waals surface area (Å²) in [5.41, 5.74) is -0.416. The molecule has 0 unspecified atom stereocenters. The number of hydrogen-bond acceptors (Lipinski definition) is 5. The molecule has 0 aliphatic heterocycles. The van der Waals surface area contributed by atoms with E-state index in [1.165, 1.54) is 26.4 Å². The average Bonchev–Trinajstić information content (AvgIpc) is 2.46. The molecule has 8 heteroatoms. The molecular weight excluding hydrogens is 273 g/mol. The van der Waals surface area contributed by atoms with Gasteiger partial charge in [-0.3, -0.25) is 0 Å². The van der Waals surface area contributed by atoms with Crippen LogP contribution in [0.2, 0.25) is 0 Å². The lowest BCUT2D eigenvalue weighted by atomic mass is 10.1. The van der Waals surface area contributed by atoms with Gasteiger partial charge in [-0.2, -0.15) is 13.2 Å². The molecule has 20 heavy (non-hydrogen) atoms. The van der Waals surface area contributed by atoms with Crippen LogP contribution in [0.25, 0.3) is 11.3 Å². The Morgan fingerprint density at radius 1 is 1.20 bits per heavy atom. The smallest absolute Gasteiger partial charge is 0.433 e. The third-order valence-corrected chi connectivity index (χ3v) is 2.48. The lowest BCUT2D eigenvalue weighted by Crippen LogP contribution is -2.11. The summed E-state index contributed by atoms with van der Waals surface area (Å²) in [6.45, 7) is 0. The molecule has 0 bridgehead atoms. The van der Waals surface area contributed by atoms with Gasteiger partial charge in [0.1, 0.15) is 0 Å². The van der Waals surface area contributed by atoms with Gasteiger partial charge < -0.3 is 10.1 Å². The Bertz CT molecular complexity index is 616. The van der Waals surface area contributed by atoms with Gasteiger partial charge in [-0.15, -0.1) is 0 Å². The van der Waals surface area contributed by atoms with Crippen molar-refractivity contribution in [1.82, 2.24) is 15.0 Å². The first-order valence-corrected chi connectivity index (χ1v) is 5.58.